The Morgan fingerprint density at radius 3 is 2.71 bits per heavy atom. The highest BCUT2D eigenvalue weighted by molar-refractivity contribution is 7.99. The second kappa shape index (κ2) is 6.73. The summed E-state index contributed by atoms with van der Waals surface area (Å²) in [6, 6.07) is 5.69. The van der Waals surface area contributed by atoms with E-state index >= 15 is 0 Å². The molecule has 0 aliphatic carbocycles. The first-order valence-electron chi connectivity index (χ1n) is 9.28. The van der Waals surface area contributed by atoms with Gasteiger partial charge in [0.05, 0.1) is 17.9 Å². The van der Waals surface area contributed by atoms with Crippen molar-refractivity contribution in [3.63, 3.8) is 0 Å². The molecule has 2 aromatic heterocycles. The number of carbonyl (C=O) groups excluding carboxylic acids is 1. The number of likely N-dealkylation sites (tertiary alicyclic amines) is 1. The summed E-state index contributed by atoms with van der Waals surface area (Å²) < 4.78 is 16.4. The van der Waals surface area contributed by atoms with E-state index in [1.807, 2.05) is 4.90 Å². The predicted molar refractivity (Wildman–Crippen MR) is 103 cm³/mol. The van der Waals surface area contributed by atoms with Gasteiger partial charge in [0.25, 0.3) is 5.56 Å². The van der Waals surface area contributed by atoms with E-state index in [1.165, 1.54) is 30.1 Å². The van der Waals surface area contributed by atoms with Gasteiger partial charge in [0.2, 0.25) is 5.91 Å². The van der Waals surface area contributed by atoms with Crippen molar-refractivity contribution in [3.8, 4) is 5.69 Å². The maximum absolute atomic E-state index is 13.2. The van der Waals surface area contributed by atoms with E-state index < -0.39 is 0 Å². The maximum atomic E-state index is 13.2. The summed E-state index contributed by atoms with van der Waals surface area (Å²) >= 11 is 1.48. The van der Waals surface area contributed by atoms with E-state index in [9.17, 15) is 14.0 Å². The lowest BCUT2D eigenvalue weighted by molar-refractivity contribution is -0.130. The molecule has 0 saturated carbocycles. The Morgan fingerprint density at radius 1 is 1.21 bits per heavy atom. The molecular weight excluding hydrogens is 381 g/mol. The molecule has 1 saturated heterocycles. The molecule has 1 atom stereocenters. The summed E-state index contributed by atoms with van der Waals surface area (Å²) in [6.45, 7) is 1.62. The number of thioether (sulfide) groups is 1. The minimum Gasteiger partial charge on any atom is -0.343 e. The van der Waals surface area contributed by atoms with E-state index in [1.54, 1.807) is 21.4 Å². The third kappa shape index (κ3) is 2.81. The Morgan fingerprint density at radius 2 is 1.96 bits per heavy atom. The molecule has 0 spiro atoms. The Bertz CT molecular complexity index is 1120. The molecule has 28 heavy (non-hydrogen) atoms. The molecule has 0 N–H and O–H groups in total. The Labute approximate surface area is 164 Å². The number of amides is 1. The largest absolute Gasteiger partial charge is 0.343 e. The molecule has 5 rings (SSSR count). The summed E-state index contributed by atoms with van der Waals surface area (Å²) in [5.41, 5.74) is 0.900. The average molecular weight is 399 g/mol. The van der Waals surface area contributed by atoms with Gasteiger partial charge in [-0.15, -0.1) is 0 Å². The van der Waals surface area contributed by atoms with Crippen molar-refractivity contribution in [3.05, 3.63) is 46.6 Å². The molecule has 1 fully saturated rings. The van der Waals surface area contributed by atoms with E-state index in [-0.39, 0.29) is 23.3 Å². The zero-order valence-corrected chi connectivity index (χ0v) is 15.9. The molecule has 0 bridgehead atoms. The van der Waals surface area contributed by atoms with Gasteiger partial charge in [-0.05, 0) is 37.1 Å². The van der Waals surface area contributed by atoms with Crippen molar-refractivity contribution in [2.45, 2.75) is 30.5 Å². The number of fused-ring (bicyclic) bond motifs is 2. The van der Waals surface area contributed by atoms with E-state index in [0.29, 0.717) is 34.1 Å². The molecule has 1 aromatic carbocycles. The van der Waals surface area contributed by atoms with E-state index in [0.717, 1.165) is 25.9 Å². The van der Waals surface area contributed by atoms with Crippen LogP contribution in [-0.4, -0.2) is 49.0 Å². The molecule has 1 amide bonds. The van der Waals surface area contributed by atoms with Gasteiger partial charge in [-0.25, -0.2) is 14.1 Å². The van der Waals surface area contributed by atoms with Crippen LogP contribution in [0.5, 0.6) is 0 Å². The molecule has 0 unspecified atom stereocenters. The van der Waals surface area contributed by atoms with Gasteiger partial charge in [-0.2, -0.15) is 5.10 Å². The summed E-state index contributed by atoms with van der Waals surface area (Å²) in [5, 5.41) is 5.27. The van der Waals surface area contributed by atoms with Crippen LogP contribution in [0.2, 0.25) is 0 Å². The van der Waals surface area contributed by atoms with Crippen LogP contribution in [0.4, 0.5) is 4.39 Å². The maximum Gasteiger partial charge on any atom is 0.265 e. The molecule has 2 aliphatic heterocycles. The number of rotatable bonds is 3. The number of nitrogens with zero attached hydrogens (tertiary/aromatic N) is 5. The first-order chi connectivity index (χ1) is 13.6. The monoisotopic (exact) mass is 399 g/mol. The SMILES string of the molecule is O=C(C[C@@H]1CSc2nc3c(cnn3-c3ccc(F)cc3)c(=O)n21)N1CCCC1. The number of aromatic nitrogens is 4. The topological polar surface area (TPSA) is 73.0 Å². The van der Waals surface area contributed by atoms with Gasteiger partial charge in [-0.3, -0.25) is 14.2 Å². The smallest absolute Gasteiger partial charge is 0.265 e. The standard InChI is InChI=1S/C19H18FN5O2S/c20-12-3-5-13(6-4-12)25-17-15(10-21-25)18(27)24-14(11-28-19(24)22-17)9-16(26)23-7-1-2-8-23/h3-6,10,14H,1-2,7-9,11H2/t14-/m1/s1. The van der Waals surface area contributed by atoms with Crippen molar-refractivity contribution in [2.75, 3.05) is 18.8 Å². The minimum atomic E-state index is -0.338. The van der Waals surface area contributed by atoms with Crippen molar-refractivity contribution in [2.24, 2.45) is 0 Å². The highest BCUT2D eigenvalue weighted by atomic mass is 32.2. The lowest BCUT2D eigenvalue weighted by Crippen LogP contribution is -2.32. The third-order valence-corrected chi connectivity index (χ3v) is 6.41. The number of hydrogen-bond donors (Lipinski definition) is 0. The average Bonchev–Trinajstić information content (AvgIpc) is 3.42. The van der Waals surface area contributed by atoms with Crippen LogP contribution < -0.4 is 5.56 Å². The summed E-state index contributed by atoms with van der Waals surface area (Å²) in [7, 11) is 0. The Balaban J connectivity index is 1.52. The van der Waals surface area contributed by atoms with Crippen LogP contribution in [-0.2, 0) is 4.79 Å². The van der Waals surface area contributed by atoms with Gasteiger partial charge in [-0.1, -0.05) is 11.8 Å². The zero-order chi connectivity index (χ0) is 19.3. The molecule has 144 valence electrons. The number of carbonyl (C=O) groups is 1. The fraction of sp³-hybridized carbons (Fsp3) is 0.368. The molecule has 0 radical (unpaired) electrons. The highest BCUT2D eigenvalue weighted by Gasteiger charge is 2.31. The van der Waals surface area contributed by atoms with Crippen molar-refractivity contribution >= 4 is 28.7 Å². The summed E-state index contributed by atoms with van der Waals surface area (Å²) in [5.74, 6) is 0.415. The molecule has 7 nitrogen and oxygen atoms in total. The lowest BCUT2D eigenvalue weighted by Gasteiger charge is -2.19. The van der Waals surface area contributed by atoms with Gasteiger partial charge in [0.15, 0.2) is 10.8 Å². The molecule has 9 heteroatoms. The first-order valence-corrected chi connectivity index (χ1v) is 10.3. The van der Waals surface area contributed by atoms with Crippen molar-refractivity contribution in [1.82, 2.24) is 24.2 Å². The number of benzene rings is 1. The van der Waals surface area contributed by atoms with Gasteiger partial charge in [0, 0.05) is 25.3 Å². The Kier molecular flexibility index (Phi) is 4.19. The fourth-order valence-corrected chi connectivity index (χ4v) is 4.98. The normalized spacial score (nSPS) is 18.8. The molecule has 2 aliphatic rings. The Hall–Kier alpha value is -2.68. The minimum absolute atomic E-state index is 0.102. The fourth-order valence-electron chi connectivity index (χ4n) is 3.85. The van der Waals surface area contributed by atoms with Gasteiger partial charge in [0.1, 0.15) is 11.2 Å². The first kappa shape index (κ1) is 17.4. The quantitative estimate of drug-likeness (QED) is 0.633. The molecule has 4 heterocycles. The van der Waals surface area contributed by atoms with Crippen LogP contribution in [0.3, 0.4) is 0 Å². The highest BCUT2D eigenvalue weighted by Crippen LogP contribution is 2.34. The third-order valence-electron chi connectivity index (χ3n) is 5.31. The van der Waals surface area contributed by atoms with Crippen LogP contribution in [0.1, 0.15) is 25.3 Å². The number of halogens is 1. The van der Waals surface area contributed by atoms with Crippen molar-refractivity contribution in [1.29, 1.82) is 0 Å². The van der Waals surface area contributed by atoms with Crippen LogP contribution in [0, 0.1) is 5.82 Å². The van der Waals surface area contributed by atoms with Gasteiger partial charge >= 0.3 is 0 Å². The predicted octanol–water partition coefficient (Wildman–Crippen LogP) is 2.38. The van der Waals surface area contributed by atoms with E-state index in [2.05, 4.69) is 10.1 Å². The van der Waals surface area contributed by atoms with Gasteiger partial charge < -0.3 is 4.90 Å². The lowest BCUT2D eigenvalue weighted by atomic mass is 10.2. The summed E-state index contributed by atoms with van der Waals surface area (Å²) in [6.07, 6.45) is 3.90. The zero-order valence-electron chi connectivity index (χ0n) is 15.0. The second-order valence-electron chi connectivity index (χ2n) is 7.10. The second-order valence-corrected chi connectivity index (χ2v) is 8.08. The number of hydrogen-bond acceptors (Lipinski definition) is 5. The molecule has 3 aromatic rings. The summed E-state index contributed by atoms with van der Waals surface area (Å²) in [4.78, 5) is 32.2. The van der Waals surface area contributed by atoms with Crippen molar-refractivity contribution < 1.29 is 9.18 Å². The van der Waals surface area contributed by atoms with E-state index in [4.69, 9.17) is 0 Å². The molecular formula is C19H18FN5O2S. The van der Waals surface area contributed by atoms with Crippen LogP contribution in [0.15, 0.2) is 40.4 Å². The van der Waals surface area contributed by atoms with Crippen LogP contribution in [0.25, 0.3) is 16.7 Å². The van der Waals surface area contributed by atoms with Crippen LogP contribution >= 0.6 is 11.8 Å².